The summed E-state index contributed by atoms with van der Waals surface area (Å²) in [4.78, 5) is 2.65. The Morgan fingerprint density at radius 2 is 1.89 bits per heavy atom. The van der Waals surface area contributed by atoms with Gasteiger partial charge in [0.25, 0.3) is 0 Å². The summed E-state index contributed by atoms with van der Waals surface area (Å²) in [5.74, 6) is 1.27. The summed E-state index contributed by atoms with van der Waals surface area (Å²) in [6.45, 7) is 11.7. The van der Waals surface area contributed by atoms with E-state index in [0.29, 0.717) is 12.5 Å². The molecule has 0 aromatic rings. The summed E-state index contributed by atoms with van der Waals surface area (Å²) in [5, 5.41) is 0. The fourth-order valence-corrected chi connectivity index (χ4v) is 2.80. The van der Waals surface area contributed by atoms with E-state index >= 15 is 0 Å². The van der Waals surface area contributed by atoms with Crippen molar-refractivity contribution in [2.75, 3.05) is 26.8 Å². The van der Waals surface area contributed by atoms with Gasteiger partial charge in [-0.15, -0.1) is 0 Å². The molecule has 0 amide bonds. The normalized spacial score (nSPS) is 19.8. The highest BCUT2D eigenvalue weighted by Gasteiger charge is 2.45. The SMILES string of the molecule is COCC(CN)(C(C)C)N(CCC(C)C)C1CC1. The van der Waals surface area contributed by atoms with Crippen molar-refractivity contribution in [3.63, 3.8) is 0 Å². The van der Waals surface area contributed by atoms with E-state index in [-0.39, 0.29) is 5.54 Å². The van der Waals surface area contributed by atoms with E-state index in [4.69, 9.17) is 10.5 Å². The molecule has 1 fully saturated rings. The Morgan fingerprint density at radius 3 is 2.22 bits per heavy atom. The van der Waals surface area contributed by atoms with Crippen LogP contribution in [0.3, 0.4) is 0 Å². The molecule has 0 spiro atoms. The molecule has 0 aromatic carbocycles. The molecule has 3 heteroatoms. The Morgan fingerprint density at radius 1 is 1.28 bits per heavy atom. The lowest BCUT2D eigenvalue weighted by Gasteiger charge is -2.46. The maximum atomic E-state index is 6.15. The van der Waals surface area contributed by atoms with Gasteiger partial charge in [-0.25, -0.2) is 0 Å². The molecule has 108 valence electrons. The summed E-state index contributed by atoms with van der Waals surface area (Å²) >= 11 is 0. The lowest BCUT2D eigenvalue weighted by molar-refractivity contribution is -0.0238. The van der Waals surface area contributed by atoms with Crippen LogP contribution in [-0.4, -0.2) is 43.3 Å². The van der Waals surface area contributed by atoms with Gasteiger partial charge >= 0.3 is 0 Å². The van der Waals surface area contributed by atoms with E-state index in [2.05, 4.69) is 32.6 Å². The molecule has 3 nitrogen and oxygen atoms in total. The summed E-state index contributed by atoms with van der Waals surface area (Å²) in [5.41, 5.74) is 6.16. The Hall–Kier alpha value is -0.120. The molecule has 2 N–H and O–H groups in total. The molecule has 0 radical (unpaired) electrons. The first kappa shape index (κ1) is 15.9. The third-order valence-electron chi connectivity index (χ3n) is 4.33. The number of hydrogen-bond acceptors (Lipinski definition) is 3. The topological polar surface area (TPSA) is 38.5 Å². The highest BCUT2D eigenvalue weighted by atomic mass is 16.5. The van der Waals surface area contributed by atoms with Crippen LogP contribution < -0.4 is 5.73 Å². The first-order valence-electron chi connectivity index (χ1n) is 7.43. The Balaban J connectivity index is 2.82. The predicted molar refractivity (Wildman–Crippen MR) is 77.7 cm³/mol. The zero-order valence-electron chi connectivity index (χ0n) is 12.9. The number of methoxy groups -OCH3 is 1. The van der Waals surface area contributed by atoms with Gasteiger partial charge in [-0.3, -0.25) is 4.90 Å². The van der Waals surface area contributed by atoms with E-state index in [9.17, 15) is 0 Å². The third-order valence-corrected chi connectivity index (χ3v) is 4.33. The van der Waals surface area contributed by atoms with Crippen LogP contribution in [0.1, 0.15) is 47.0 Å². The molecule has 1 rings (SSSR count). The standard InChI is InChI=1S/C15H32N2O/c1-12(2)8-9-17(14-6-7-14)15(10-16,11-18-5)13(3)4/h12-14H,6-11,16H2,1-5H3. The minimum Gasteiger partial charge on any atom is -0.383 e. The predicted octanol–water partition coefficient (Wildman–Crippen LogP) is 2.50. The van der Waals surface area contributed by atoms with Crippen LogP contribution in [0.15, 0.2) is 0 Å². The number of rotatable bonds is 9. The fourth-order valence-electron chi connectivity index (χ4n) is 2.80. The van der Waals surface area contributed by atoms with Crippen LogP contribution >= 0.6 is 0 Å². The minimum absolute atomic E-state index is 0.0187. The second-order valence-corrected chi connectivity index (χ2v) is 6.50. The first-order valence-corrected chi connectivity index (χ1v) is 7.43. The van der Waals surface area contributed by atoms with E-state index in [1.165, 1.54) is 19.3 Å². The van der Waals surface area contributed by atoms with Gasteiger partial charge in [0.2, 0.25) is 0 Å². The number of nitrogens with two attached hydrogens (primary N) is 1. The number of hydrogen-bond donors (Lipinski definition) is 1. The summed E-state index contributed by atoms with van der Waals surface area (Å²) in [6.07, 6.45) is 3.90. The zero-order valence-corrected chi connectivity index (χ0v) is 12.9. The van der Waals surface area contributed by atoms with Crippen molar-refractivity contribution in [3.05, 3.63) is 0 Å². The van der Waals surface area contributed by atoms with E-state index in [1.54, 1.807) is 7.11 Å². The van der Waals surface area contributed by atoms with Gasteiger partial charge in [0.15, 0.2) is 0 Å². The molecule has 1 unspecified atom stereocenters. The number of nitrogens with zero attached hydrogens (tertiary/aromatic N) is 1. The zero-order chi connectivity index (χ0) is 13.8. The van der Waals surface area contributed by atoms with Crippen molar-refractivity contribution < 1.29 is 4.74 Å². The maximum Gasteiger partial charge on any atom is 0.0661 e. The second kappa shape index (κ2) is 6.88. The van der Waals surface area contributed by atoms with Gasteiger partial charge in [0, 0.05) is 19.7 Å². The van der Waals surface area contributed by atoms with Crippen molar-refractivity contribution in [3.8, 4) is 0 Å². The molecule has 0 saturated heterocycles. The average molecular weight is 256 g/mol. The molecule has 0 heterocycles. The summed E-state index contributed by atoms with van der Waals surface area (Å²) in [6, 6.07) is 0.741. The fraction of sp³-hybridized carbons (Fsp3) is 1.00. The van der Waals surface area contributed by atoms with Gasteiger partial charge in [-0.05, 0) is 37.6 Å². The van der Waals surface area contributed by atoms with Crippen LogP contribution in [0, 0.1) is 11.8 Å². The smallest absolute Gasteiger partial charge is 0.0661 e. The van der Waals surface area contributed by atoms with Gasteiger partial charge in [-0.2, -0.15) is 0 Å². The van der Waals surface area contributed by atoms with Crippen molar-refractivity contribution in [1.82, 2.24) is 4.90 Å². The lowest BCUT2D eigenvalue weighted by atomic mass is 9.84. The van der Waals surface area contributed by atoms with E-state index < -0.39 is 0 Å². The van der Waals surface area contributed by atoms with Crippen LogP contribution in [0.25, 0.3) is 0 Å². The molecular formula is C15H32N2O. The molecule has 0 aromatic heterocycles. The van der Waals surface area contributed by atoms with E-state index in [0.717, 1.165) is 25.1 Å². The molecule has 0 bridgehead atoms. The lowest BCUT2D eigenvalue weighted by Crippen LogP contribution is -2.61. The van der Waals surface area contributed by atoms with Crippen molar-refractivity contribution in [2.24, 2.45) is 17.6 Å². The summed E-state index contributed by atoms with van der Waals surface area (Å²) in [7, 11) is 1.79. The Kier molecular flexibility index (Phi) is 6.09. The monoisotopic (exact) mass is 256 g/mol. The van der Waals surface area contributed by atoms with Crippen LogP contribution in [0.2, 0.25) is 0 Å². The third kappa shape index (κ3) is 3.69. The quantitative estimate of drug-likeness (QED) is 0.689. The largest absolute Gasteiger partial charge is 0.383 e. The van der Waals surface area contributed by atoms with Gasteiger partial charge in [-0.1, -0.05) is 27.7 Å². The second-order valence-electron chi connectivity index (χ2n) is 6.50. The van der Waals surface area contributed by atoms with Gasteiger partial charge < -0.3 is 10.5 Å². The van der Waals surface area contributed by atoms with Crippen molar-refractivity contribution in [2.45, 2.75) is 58.5 Å². The molecular weight excluding hydrogens is 224 g/mol. The molecule has 1 saturated carbocycles. The first-order chi connectivity index (χ1) is 8.47. The minimum atomic E-state index is 0.0187. The highest BCUT2D eigenvalue weighted by Crippen LogP contribution is 2.37. The van der Waals surface area contributed by atoms with Crippen molar-refractivity contribution >= 4 is 0 Å². The van der Waals surface area contributed by atoms with Crippen LogP contribution in [0.4, 0.5) is 0 Å². The Bertz CT molecular complexity index is 239. The molecule has 1 atom stereocenters. The van der Waals surface area contributed by atoms with Gasteiger partial charge in [0.05, 0.1) is 12.1 Å². The van der Waals surface area contributed by atoms with Crippen molar-refractivity contribution in [1.29, 1.82) is 0 Å². The number of ether oxygens (including phenoxy) is 1. The van der Waals surface area contributed by atoms with Crippen LogP contribution in [-0.2, 0) is 4.74 Å². The molecule has 1 aliphatic carbocycles. The van der Waals surface area contributed by atoms with E-state index in [1.807, 2.05) is 0 Å². The maximum absolute atomic E-state index is 6.15. The van der Waals surface area contributed by atoms with Gasteiger partial charge in [0.1, 0.15) is 0 Å². The molecule has 0 aliphatic heterocycles. The van der Waals surface area contributed by atoms with Crippen LogP contribution in [0.5, 0.6) is 0 Å². The molecule has 18 heavy (non-hydrogen) atoms. The molecule has 1 aliphatic rings. The Labute approximate surface area is 113 Å². The summed E-state index contributed by atoms with van der Waals surface area (Å²) < 4.78 is 5.50. The average Bonchev–Trinajstić information content (AvgIpc) is 3.11. The highest BCUT2D eigenvalue weighted by molar-refractivity contribution is 5.01.